The van der Waals surface area contributed by atoms with Crippen molar-refractivity contribution in [3.8, 4) is 0 Å². The average Bonchev–Trinajstić information content (AvgIpc) is 2.69. The van der Waals surface area contributed by atoms with E-state index in [1.54, 1.807) is 24.3 Å². The van der Waals surface area contributed by atoms with Crippen LogP contribution in [0.25, 0.3) is 0 Å². The lowest BCUT2D eigenvalue weighted by atomic mass is 10.2. The normalized spacial score (nSPS) is 10.4. The number of para-hydroxylation sites is 1. The molecule has 0 spiro atoms. The summed E-state index contributed by atoms with van der Waals surface area (Å²) in [5.74, 6) is -0.569. The number of nitrogens with zero attached hydrogens (tertiary/aromatic N) is 3. The summed E-state index contributed by atoms with van der Waals surface area (Å²) in [6, 6.07) is 14.1. The van der Waals surface area contributed by atoms with Crippen LogP contribution in [0.4, 0.5) is 17.2 Å². The van der Waals surface area contributed by atoms with Gasteiger partial charge in [0.05, 0.1) is 23.3 Å². The molecule has 2 aromatic carbocycles. The summed E-state index contributed by atoms with van der Waals surface area (Å²) >= 11 is 1.17. The van der Waals surface area contributed by atoms with Crippen LogP contribution >= 0.6 is 11.8 Å². The Balaban J connectivity index is 2.00. The first kappa shape index (κ1) is 19.3. The molecule has 1 aromatic heterocycles. The molecule has 0 saturated carbocycles. The molecule has 0 aliphatic heterocycles. The van der Waals surface area contributed by atoms with Gasteiger partial charge in [0, 0.05) is 4.90 Å². The summed E-state index contributed by atoms with van der Waals surface area (Å²) in [6.45, 7) is 1.96. The van der Waals surface area contributed by atoms with Crippen LogP contribution in [-0.4, -0.2) is 28.0 Å². The minimum atomic E-state index is -0.561. The number of methoxy groups -OCH3 is 1. The number of aromatic nitrogens is 2. The largest absolute Gasteiger partial charge is 0.465 e. The summed E-state index contributed by atoms with van der Waals surface area (Å²) in [4.78, 5) is 32.0. The van der Waals surface area contributed by atoms with E-state index in [-0.39, 0.29) is 22.1 Å². The number of ether oxygens (including phenoxy) is 1. The molecule has 0 unspecified atom stereocenters. The predicted octanol–water partition coefficient (Wildman–Crippen LogP) is 4.37. The fraction of sp³-hybridized carbons (Fsp3) is 0.105. The Labute approximate surface area is 165 Å². The minimum absolute atomic E-state index is 0.00837. The highest BCUT2D eigenvalue weighted by Crippen LogP contribution is 2.37. The van der Waals surface area contributed by atoms with Crippen molar-refractivity contribution in [1.82, 2.24) is 9.97 Å². The molecule has 0 radical (unpaired) electrons. The van der Waals surface area contributed by atoms with Crippen molar-refractivity contribution in [2.75, 3.05) is 12.4 Å². The fourth-order valence-corrected chi connectivity index (χ4v) is 3.28. The SMILES string of the molecule is COC(=O)c1ccccc1Nc1ncnc(Sc2ccc(C)cc2)c1[N+](=O)[O-]. The van der Waals surface area contributed by atoms with Gasteiger partial charge in [-0.3, -0.25) is 10.1 Å². The Bertz CT molecular complexity index is 1020. The Kier molecular flexibility index (Phi) is 5.85. The topological polar surface area (TPSA) is 107 Å². The molecule has 3 rings (SSSR count). The van der Waals surface area contributed by atoms with Crippen molar-refractivity contribution in [1.29, 1.82) is 0 Å². The second-order valence-corrected chi connectivity index (χ2v) is 6.77. The number of aryl methyl sites for hydroxylation is 1. The quantitative estimate of drug-likeness (QED) is 0.283. The number of esters is 1. The zero-order chi connectivity index (χ0) is 20.1. The molecule has 1 N–H and O–H groups in total. The zero-order valence-corrected chi connectivity index (χ0v) is 15.9. The van der Waals surface area contributed by atoms with Crippen molar-refractivity contribution in [3.05, 3.63) is 76.1 Å². The number of nitrogens with one attached hydrogen (secondary N) is 1. The number of hydrogen-bond donors (Lipinski definition) is 1. The number of anilines is 2. The Morgan fingerprint density at radius 1 is 1.14 bits per heavy atom. The van der Waals surface area contributed by atoms with Gasteiger partial charge in [0.2, 0.25) is 5.82 Å². The van der Waals surface area contributed by atoms with Gasteiger partial charge in [0.1, 0.15) is 6.33 Å². The molecule has 8 nitrogen and oxygen atoms in total. The number of hydrogen-bond acceptors (Lipinski definition) is 8. The standard InChI is InChI=1S/C19H16N4O4S/c1-12-7-9-13(10-8-12)28-18-16(23(25)26)17(20-11-21-18)22-15-6-4-3-5-14(15)19(24)27-2/h3-11H,1-2H3,(H,20,21,22). The molecule has 3 aromatic rings. The van der Waals surface area contributed by atoms with Crippen LogP contribution in [0.5, 0.6) is 0 Å². The van der Waals surface area contributed by atoms with E-state index in [0.29, 0.717) is 5.69 Å². The van der Waals surface area contributed by atoms with E-state index in [4.69, 9.17) is 4.74 Å². The van der Waals surface area contributed by atoms with Crippen molar-refractivity contribution in [2.24, 2.45) is 0 Å². The second kappa shape index (κ2) is 8.49. The van der Waals surface area contributed by atoms with Crippen LogP contribution in [0.15, 0.2) is 64.8 Å². The van der Waals surface area contributed by atoms with Gasteiger partial charge in [-0.25, -0.2) is 14.8 Å². The molecule has 9 heteroatoms. The van der Waals surface area contributed by atoms with E-state index in [9.17, 15) is 14.9 Å². The van der Waals surface area contributed by atoms with E-state index < -0.39 is 10.9 Å². The Hall–Kier alpha value is -3.46. The van der Waals surface area contributed by atoms with Gasteiger partial charge < -0.3 is 10.1 Å². The molecule has 28 heavy (non-hydrogen) atoms. The number of rotatable bonds is 6. The highest BCUT2D eigenvalue weighted by atomic mass is 32.2. The summed E-state index contributed by atoms with van der Waals surface area (Å²) in [5, 5.41) is 14.8. The molecule has 142 valence electrons. The monoisotopic (exact) mass is 396 g/mol. The molecule has 0 saturated heterocycles. The minimum Gasteiger partial charge on any atom is -0.465 e. The number of carbonyl (C=O) groups excluding carboxylic acids is 1. The lowest BCUT2D eigenvalue weighted by Crippen LogP contribution is -2.08. The molecule has 0 fully saturated rings. The van der Waals surface area contributed by atoms with Gasteiger partial charge >= 0.3 is 11.7 Å². The summed E-state index contributed by atoms with van der Waals surface area (Å²) < 4.78 is 4.76. The first-order valence-electron chi connectivity index (χ1n) is 8.18. The number of nitro groups is 1. The lowest BCUT2D eigenvalue weighted by molar-refractivity contribution is -0.387. The van der Waals surface area contributed by atoms with Crippen molar-refractivity contribution >= 4 is 34.9 Å². The third-order valence-electron chi connectivity index (χ3n) is 3.79. The van der Waals surface area contributed by atoms with Crippen molar-refractivity contribution in [3.63, 3.8) is 0 Å². The van der Waals surface area contributed by atoms with Crippen LogP contribution in [-0.2, 0) is 4.74 Å². The van der Waals surface area contributed by atoms with E-state index in [2.05, 4.69) is 15.3 Å². The molecule has 0 bridgehead atoms. The smallest absolute Gasteiger partial charge is 0.343 e. The van der Waals surface area contributed by atoms with Gasteiger partial charge in [0.25, 0.3) is 0 Å². The molecule has 1 heterocycles. The Morgan fingerprint density at radius 2 is 1.86 bits per heavy atom. The lowest BCUT2D eigenvalue weighted by Gasteiger charge is -2.11. The molecule has 0 atom stereocenters. The summed E-state index contributed by atoms with van der Waals surface area (Å²) in [6.07, 6.45) is 1.24. The number of carbonyl (C=O) groups is 1. The van der Waals surface area contributed by atoms with E-state index in [0.717, 1.165) is 10.5 Å². The molecule has 0 amide bonds. The highest BCUT2D eigenvalue weighted by Gasteiger charge is 2.25. The summed E-state index contributed by atoms with van der Waals surface area (Å²) in [5.41, 5.74) is 1.41. The second-order valence-electron chi connectivity index (χ2n) is 5.71. The van der Waals surface area contributed by atoms with Gasteiger partial charge in [0.15, 0.2) is 5.03 Å². The van der Waals surface area contributed by atoms with E-state index in [1.165, 1.54) is 25.2 Å². The van der Waals surface area contributed by atoms with Crippen molar-refractivity contribution < 1.29 is 14.5 Å². The van der Waals surface area contributed by atoms with Crippen LogP contribution in [0.3, 0.4) is 0 Å². The predicted molar refractivity (Wildman–Crippen MR) is 105 cm³/mol. The van der Waals surface area contributed by atoms with Crippen LogP contribution in [0.2, 0.25) is 0 Å². The molecule has 0 aliphatic carbocycles. The molecular weight excluding hydrogens is 380 g/mol. The maximum absolute atomic E-state index is 11.9. The molecular formula is C19H16N4O4S. The summed E-state index contributed by atoms with van der Waals surface area (Å²) in [7, 11) is 1.27. The van der Waals surface area contributed by atoms with Crippen LogP contribution < -0.4 is 5.32 Å². The van der Waals surface area contributed by atoms with E-state index >= 15 is 0 Å². The third-order valence-corrected chi connectivity index (χ3v) is 4.79. The van der Waals surface area contributed by atoms with Gasteiger partial charge in [-0.05, 0) is 31.2 Å². The van der Waals surface area contributed by atoms with E-state index in [1.807, 2.05) is 31.2 Å². The average molecular weight is 396 g/mol. The first-order chi connectivity index (χ1) is 13.5. The Morgan fingerprint density at radius 3 is 2.54 bits per heavy atom. The van der Waals surface area contributed by atoms with Crippen LogP contribution in [0.1, 0.15) is 15.9 Å². The van der Waals surface area contributed by atoms with Crippen molar-refractivity contribution in [2.45, 2.75) is 16.8 Å². The zero-order valence-electron chi connectivity index (χ0n) is 15.1. The third kappa shape index (κ3) is 4.26. The maximum atomic E-state index is 11.9. The number of benzene rings is 2. The fourth-order valence-electron chi connectivity index (χ4n) is 2.42. The molecule has 0 aliphatic rings. The van der Waals surface area contributed by atoms with Gasteiger partial charge in [-0.1, -0.05) is 41.6 Å². The van der Waals surface area contributed by atoms with Crippen LogP contribution in [0, 0.1) is 17.0 Å². The highest BCUT2D eigenvalue weighted by molar-refractivity contribution is 7.99. The first-order valence-corrected chi connectivity index (χ1v) is 8.99. The maximum Gasteiger partial charge on any atom is 0.343 e. The van der Waals surface area contributed by atoms with Gasteiger partial charge in [-0.2, -0.15) is 0 Å². The van der Waals surface area contributed by atoms with Gasteiger partial charge in [-0.15, -0.1) is 0 Å².